The quantitative estimate of drug-likeness (QED) is 0.632. The Morgan fingerprint density at radius 3 is 2.75 bits per heavy atom. The largest absolute Gasteiger partial charge is 0.356 e. The van der Waals surface area contributed by atoms with Crippen molar-refractivity contribution >= 4 is 28.2 Å². The molecule has 0 radical (unpaired) electrons. The van der Waals surface area contributed by atoms with Gasteiger partial charge in [0.2, 0.25) is 11.0 Å². The van der Waals surface area contributed by atoms with Gasteiger partial charge in [-0.1, -0.05) is 54.2 Å². The number of hydrogen-bond acceptors (Lipinski definition) is 8. The lowest BCUT2D eigenvalue weighted by Crippen LogP contribution is -1.98. The van der Waals surface area contributed by atoms with E-state index in [2.05, 4.69) is 25.7 Å². The van der Waals surface area contributed by atoms with Crippen LogP contribution in [-0.2, 0) is 12.3 Å². The molecule has 9 heteroatoms. The number of hydrogen-bond donors (Lipinski definition) is 1. The fourth-order valence-corrected chi connectivity index (χ4v) is 3.39. The van der Waals surface area contributed by atoms with Crippen LogP contribution in [0.3, 0.4) is 0 Å². The summed E-state index contributed by atoms with van der Waals surface area (Å²) in [4.78, 5) is 4.33. The van der Waals surface area contributed by atoms with Gasteiger partial charge in [0.15, 0.2) is 10.2 Å². The van der Waals surface area contributed by atoms with Gasteiger partial charge in [0.25, 0.3) is 0 Å². The normalized spacial score (nSPS) is 11.2. The van der Waals surface area contributed by atoms with Crippen LogP contribution in [0.15, 0.2) is 33.1 Å². The number of anilines is 1. The van der Waals surface area contributed by atoms with Crippen molar-refractivity contribution in [3.8, 4) is 0 Å². The lowest BCUT2D eigenvalue weighted by atomic mass is 10.2. The zero-order chi connectivity index (χ0) is 16.9. The number of thioether (sulfide) groups is 1. The molecule has 0 unspecified atom stereocenters. The molecule has 0 bridgehead atoms. The van der Waals surface area contributed by atoms with Gasteiger partial charge in [0.05, 0.1) is 5.75 Å². The summed E-state index contributed by atoms with van der Waals surface area (Å²) >= 11 is 2.96. The summed E-state index contributed by atoms with van der Waals surface area (Å²) in [7, 11) is 0. The molecule has 3 aromatic rings. The van der Waals surface area contributed by atoms with Crippen LogP contribution in [0.25, 0.3) is 0 Å². The first-order valence-electron chi connectivity index (χ1n) is 7.37. The van der Waals surface area contributed by atoms with Crippen LogP contribution in [0.4, 0.5) is 9.52 Å². The van der Waals surface area contributed by atoms with Crippen molar-refractivity contribution in [2.45, 2.75) is 36.4 Å². The average molecular weight is 365 g/mol. The maximum atomic E-state index is 12.9. The Balaban J connectivity index is 1.50. The van der Waals surface area contributed by atoms with E-state index in [1.165, 1.54) is 35.2 Å². The second kappa shape index (κ2) is 7.71. The van der Waals surface area contributed by atoms with E-state index in [1.807, 2.05) is 13.8 Å². The summed E-state index contributed by atoms with van der Waals surface area (Å²) in [6, 6.07) is 6.35. The maximum Gasteiger partial charge on any atom is 0.237 e. The minimum atomic E-state index is -0.241. The Morgan fingerprint density at radius 2 is 2.04 bits per heavy atom. The molecular weight excluding hydrogens is 349 g/mol. The highest BCUT2D eigenvalue weighted by Gasteiger charge is 2.11. The van der Waals surface area contributed by atoms with E-state index in [9.17, 15) is 4.39 Å². The highest BCUT2D eigenvalue weighted by atomic mass is 32.2. The van der Waals surface area contributed by atoms with Crippen LogP contribution >= 0.6 is 23.1 Å². The topological polar surface area (TPSA) is 76.7 Å². The standard InChI is InChI=1S/C15H16FN5OS2/c1-9(2)13-18-12(22-21-13)8-23-15-20-19-14(24-15)17-7-10-3-5-11(16)6-4-10/h3-6,9H,7-8H2,1-2H3,(H,17,19). The van der Waals surface area contributed by atoms with E-state index in [1.54, 1.807) is 12.1 Å². The number of aromatic nitrogens is 4. The van der Waals surface area contributed by atoms with Gasteiger partial charge in [0, 0.05) is 12.5 Å². The zero-order valence-corrected chi connectivity index (χ0v) is 14.8. The van der Waals surface area contributed by atoms with Crippen LogP contribution in [0.5, 0.6) is 0 Å². The third-order valence-corrected chi connectivity index (χ3v) is 5.08. The van der Waals surface area contributed by atoms with Crippen LogP contribution in [0.1, 0.15) is 37.0 Å². The third kappa shape index (κ3) is 4.51. The van der Waals surface area contributed by atoms with Gasteiger partial charge in [-0.3, -0.25) is 0 Å². The smallest absolute Gasteiger partial charge is 0.237 e. The van der Waals surface area contributed by atoms with Crippen molar-refractivity contribution in [1.82, 2.24) is 20.3 Å². The molecule has 0 aliphatic heterocycles. The second-order valence-corrected chi connectivity index (χ2v) is 7.54. The highest BCUT2D eigenvalue weighted by Crippen LogP contribution is 2.28. The first-order valence-corrected chi connectivity index (χ1v) is 9.17. The number of benzene rings is 1. The Kier molecular flexibility index (Phi) is 5.41. The molecule has 6 nitrogen and oxygen atoms in total. The summed E-state index contributed by atoms with van der Waals surface area (Å²) in [5.41, 5.74) is 0.980. The van der Waals surface area contributed by atoms with Crippen LogP contribution in [0, 0.1) is 5.82 Å². The van der Waals surface area contributed by atoms with Gasteiger partial charge < -0.3 is 9.84 Å². The minimum absolute atomic E-state index is 0.241. The molecule has 0 spiro atoms. The molecule has 2 heterocycles. The van der Waals surface area contributed by atoms with E-state index < -0.39 is 0 Å². The monoisotopic (exact) mass is 365 g/mol. The third-order valence-electron chi connectivity index (χ3n) is 3.08. The first kappa shape index (κ1) is 16.8. The maximum absolute atomic E-state index is 12.9. The van der Waals surface area contributed by atoms with Gasteiger partial charge in [-0.15, -0.1) is 10.2 Å². The fraction of sp³-hybridized carbons (Fsp3) is 0.333. The number of nitrogens with one attached hydrogen (secondary N) is 1. The van der Waals surface area contributed by atoms with Crippen LogP contribution < -0.4 is 5.32 Å². The van der Waals surface area contributed by atoms with Gasteiger partial charge in [-0.25, -0.2) is 4.39 Å². The molecule has 0 aliphatic rings. The molecule has 3 rings (SSSR count). The molecule has 0 atom stereocenters. The highest BCUT2D eigenvalue weighted by molar-refractivity contribution is 8.00. The molecular formula is C15H16FN5OS2. The molecule has 0 saturated heterocycles. The molecule has 126 valence electrons. The molecule has 0 amide bonds. The molecule has 0 saturated carbocycles. The molecule has 24 heavy (non-hydrogen) atoms. The Bertz CT molecular complexity index is 787. The van der Waals surface area contributed by atoms with Gasteiger partial charge in [0.1, 0.15) is 5.82 Å². The summed E-state index contributed by atoms with van der Waals surface area (Å²) in [5, 5.41) is 16.0. The molecule has 2 aromatic heterocycles. The molecule has 1 aromatic carbocycles. The van der Waals surface area contributed by atoms with Gasteiger partial charge >= 0.3 is 0 Å². The van der Waals surface area contributed by atoms with Crippen molar-refractivity contribution < 1.29 is 8.91 Å². The molecule has 1 N–H and O–H groups in total. The van der Waals surface area contributed by atoms with E-state index in [0.717, 1.165) is 15.0 Å². The fourth-order valence-electron chi connectivity index (χ4n) is 1.80. The molecule has 0 aliphatic carbocycles. The molecule has 0 fully saturated rings. The van der Waals surface area contributed by atoms with Crippen molar-refractivity contribution in [3.63, 3.8) is 0 Å². The lowest BCUT2D eigenvalue weighted by Gasteiger charge is -2.01. The minimum Gasteiger partial charge on any atom is -0.356 e. The predicted molar refractivity (Wildman–Crippen MR) is 91.6 cm³/mol. The Morgan fingerprint density at radius 1 is 1.25 bits per heavy atom. The average Bonchev–Trinajstić information content (AvgIpc) is 3.22. The zero-order valence-electron chi connectivity index (χ0n) is 13.2. The number of halogens is 1. The SMILES string of the molecule is CC(C)c1noc(CSc2nnc(NCc3ccc(F)cc3)s2)n1. The van der Waals surface area contributed by atoms with Gasteiger partial charge in [-0.2, -0.15) is 4.98 Å². The summed E-state index contributed by atoms with van der Waals surface area (Å²) in [6.07, 6.45) is 0. The van der Waals surface area contributed by atoms with Crippen LogP contribution in [0.2, 0.25) is 0 Å². The summed E-state index contributed by atoms with van der Waals surface area (Å²) in [5.74, 6) is 1.86. The van der Waals surface area contributed by atoms with Crippen molar-refractivity contribution in [3.05, 3.63) is 47.4 Å². The summed E-state index contributed by atoms with van der Waals surface area (Å²) < 4.78 is 18.9. The van der Waals surface area contributed by atoms with Crippen molar-refractivity contribution in [1.29, 1.82) is 0 Å². The van der Waals surface area contributed by atoms with Crippen molar-refractivity contribution in [2.24, 2.45) is 0 Å². The van der Waals surface area contributed by atoms with Crippen LogP contribution in [-0.4, -0.2) is 20.3 Å². The number of rotatable bonds is 7. The van der Waals surface area contributed by atoms with E-state index in [-0.39, 0.29) is 11.7 Å². The lowest BCUT2D eigenvalue weighted by molar-refractivity contribution is 0.383. The first-order chi connectivity index (χ1) is 11.6. The van der Waals surface area contributed by atoms with E-state index >= 15 is 0 Å². The van der Waals surface area contributed by atoms with E-state index in [4.69, 9.17) is 4.52 Å². The predicted octanol–water partition coefficient (Wildman–Crippen LogP) is 4.09. The van der Waals surface area contributed by atoms with E-state index in [0.29, 0.717) is 24.0 Å². The summed E-state index contributed by atoms with van der Waals surface area (Å²) in [6.45, 7) is 4.61. The second-order valence-electron chi connectivity index (χ2n) is 5.34. The number of nitrogens with zero attached hydrogens (tertiary/aromatic N) is 4. The Labute approximate surface area is 146 Å². The van der Waals surface area contributed by atoms with Gasteiger partial charge in [-0.05, 0) is 17.7 Å². The van der Waals surface area contributed by atoms with Crippen molar-refractivity contribution in [2.75, 3.05) is 5.32 Å². The Hall–Kier alpha value is -2.00.